The first-order valence-corrected chi connectivity index (χ1v) is 7.75. The van der Waals surface area contributed by atoms with E-state index in [0.717, 1.165) is 25.5 Å². The van der Waals surface area contributed by atoms with Crippen LogP contribution in [-0.4, -0.2) is 36.2 Å². The van der Waals surface area contributed by atoms with Crippen LogP contribution in [0.25, 0.3) is 0 Å². The van der Waals surface area contributed by atoms with Crippen LogP contribution in [0.2, 0.25) is 0 Å². The number of hydrogen-bond donors (Lipinski definition) is 3. The fraction of sp³-hybridized carbons (Fsp3) is 0.636. The summed E-state index contributed by atoms with van der Waals surface area (Å²) in [5, 5.41) is 14.2. The molecule has 0 radical (unpaired) electrons. The smallest absolute Gasteiger partial charge is 0.340 e. The highest BCUT2D eigenvalue weighted by Gasteiger charge is 2.25. The zero-order valence-electron chi connectivity index (χ0n) is 10.4. The highest BCUT2D eigenvalue weighted by Crippen LogP contribution is 2.27. The normalized spacial score (nSPS) is 16.8. The molecule has 0 saturated heterocycles. The molecule has 1 aliphatic carbocycles. The molecular weight excluding hydrogens is 270 g/mol. The number of sulfonamides is 1. The standard InChI is InChI=1S/C11H17N3O4S/c15-11(16)9-7-12-14-10(9)19(17,18)13-6-5-8-3-1-2-4-8/h7-8,13H,1-6H2,(H,12,14)(H,15,16). The third-order valence-corrected chi connectivity index (χ3v) is 4.86. The van der Waals surface area contributed by atoms with Crippen LogP contribution in [0.3, 0.4) is 0 Å². The second kappa shape index (κ2) is 5.70. The number of aromatic amines is 1. The summed E-state index contributed by atoms with van der Waals surface area (Å²) in [6.45, 7) is 0.324. The van der Waals surface area contributed by atoms with Crippen LogP contribution >= 0.6 is 0 Å². The molecule has 1 aromatic rings. The van der Waals surface area contributed by atoms with Crippen molar-refractivity contribution < 1.29 is 18.3 Å². The lowest BCUT2D eigenvalue weighted by Gasteiger charge is -2.09. The SMILES string of the molecule is O=C(O)c1cn[nH]c1S(=O)(=O)NCCC1CCCC1. The highest BCUT2D eigenvalue weighted by molar-refractivity contribution is 7.89. The lowest BCUT2D eigenvalue weighted by molar-refractivity contribution is 0.0692. The van der Waals surface area contributed by atoms with Gasteiger partial charge in [0.15, 0.2) is 5.03 Å². The molecule has 0 atom stereocenters. The summed E-state index contributed by atoms with van der Waals surface area (Å²) < 4.78 is 26.3. The molecular formula is C11H17N3O4S. The molecule has 3 N–H and O–H groups in total. The first kappa shape index (κ1) is 14.0. The molecule has 1 heterocycles. The molecule has 0 bridgehead atoms. The predicted octanol–water partition coefficient (Wildman–Crippen LogP) is 0.966. The second-order valence-corrected chi connectivity index (χ2v) is 6.46. The molecule has 2 rings (SSSR count). The van der Waals surface area contributed by atoms with Crippen molar-refractivity contribution in [2.45, 2.75) is 37.1 Å². The van der Waals surface area contributed by atoms with Gasteiger partial charge >= 0.3 is 5.97 Å². The second-order valence-electron chi connectivity index (χ2n) is 4.75. The van der Waals surface area contributed by atoms with Crippen molar-refractivity contribution in [2.24, 2.45) is 5.92 Å². The molecule has 7 nitrogen and oxygen atoms in total. The van der Waals surface area contributed by atoms with E-state index in [2.05, 4.69) is 14.9 Å². The molecule has 1 fully saturated rings. The van der Waals surface area contributed by atoms with E-state index >= 15 is 0 Å². The summed E-state index contributed by atoms with van der Waals surface area (Å²) in [7, 11) is -3.83. The summed E-state index contributed by atoms with van der Waals surface area (Å²) in [6, 6.07) is 0. The number of nitrogens with zero attached hydrogens (tertiary/aromatic N) is 1. The van der Waals surface area contributed by atoms with Gasteiger partial charge in [-0.3, -0.25) is 5.10 Å². The van der Waals surface area contributed by atoms with Crippen molar-refractivity contribution in [2.75, 3.05) is 6.54 Å². The van der Waals surface area contributed by atoms with Crippen LogP contribution in [0.1, 0.15) is 42.5 Å². The Morgan fingerprint density at radius 1 is 1.47 bits per heavy atom. The minimum Gasteiger partial charge on any atom is -0.478 e. The maximum atomic E-state index is 11.9. The van der Waals surface area contributed by atoms with Crippen LogP contribution in [-0.2, 0) is 10.0 Å². The molecule has 8 heteroatoms. The van der Waals surface area contributed by atoms with Gasteiger partial charge < -0.3 is 5.11 Å². The number of carboxylic acids is 1. The maximum absolute atomic E-state index is 11.9. The Kier molecular flexibility index (Phi) is 4.20. The van der Waals surface area contributed by atoms with E-state index in [1.54, 1.807) is 0 Å². The Hall–Kier alpha value is -1.41. The first-order chi connectivity index (χ1) is 9.00. The molecule has 1 aliphatic rings. The van der Waals surface area contributed by atoms with Gasteiger partial charge in [-0.15, -0.1) is 0 Å². The summed E-state index contributed by atoms with van der Waals surface area (Å²) in [5.74, 6) is -0.742. The third-order valence-electron chi connectivity index (χ3n) is 3.42. The first-order valence-electron chi connectivity index (χ1n) is 6.27. The van der Waals surface area contributed by atoms with Gasteiger partial charge in [-0.25, -0.2) is 17.9 Å². The Labute approximate surface area is 111 Å². The number of aromatic nitrogens is 2. The van der Waals surface area contributed by atoms with Gasteiger partial charge in [-0.05, 0) is 12.3 Å². The molecule has 0 amide bonds. The number of nitrogens with one attached hydrogen (secondary N) is 2. The highest BCUT2D eigenvalue weighted by atomic mass is 32.2. The number of H-pyrrole nitrogens is 1. The minimum atomic E-state index is -3.83. The summed E-state index contributed by atoms with van der Waals surface area (Å²) in [4.78, 5) is 10.9. The van der Waals surface area contributed by atoms with Crippen molar-refractivity contribution in [3.63, 3.8) is 0 Å². The van der Waals surface area contributed by atoms with Crippen LogP contribution < -0.4 is 4.72 Å². The van der Waals surface area contributed by atoms with Gasteiger partial charge in [0.05, 0.1) is 6.20 Å². The molecule has 0 spiro atoms. The van der Waals surface area contributed by atoms with Gasteiger partial charge in [0.25, 0.3) is 10.0 Å². The third kappa shape index (κ3) is 3.32. The lowest BCUT2D eigenvalue weighted by Crippen LogP contribution is -2.27. The molecule has 1 saturated carbocycles. The molecule has 1 aromatic heterocycles. The van der Waals surface area contributed by atoms with Crippen molar-refractivity contribution in [1.82, 2.24) is 14.9 Å². The van der Waals surface area contributed by atoms with Crippen LogP contribution in [0.15, 0.2) is 11.2 Å². The molecule has 0 aliphatic heterocycles. The molecule has 0 unspecified atom stereocenters. The van der Waals surface area contributed by atoms with E-state index in [1.165, 1.54) is 12.8 Å². The number of carbonyl (C=O) groups is 1. The number of hydrogen-bond acceptors (Lipinski definition) is 4. The van der Waals surface area contributed by atoms with Crippen LogP contribution in [0.5, 0.6) is 0 Å². The van der Waals surface area contributed by atoms with Crippen molar-refractivity contribution in [1.29, 1.82) is 0 Å². The topological polar surface area (TPSA) is 112 Å². The van der Waals surface area contributed by atoms with E-state index < -0.39 is 16.0 Å². The average Bonchev–Trinajstić information content (AvgIpc) is 2.99. The minimum absolute atomic E-state index is 0.324. The van der Waals surface area contributed by atoms with Gasteiger partial charge in [0.2, 0.25) is 0 Å². The molecule has 19 heavy (non-hydrogen) atoms. The zero-order chi connectivity index (χ0) is 13.9. The van der Waals surface area contributed by atoms with E-state index in [-0.39, 0.29) is 10.6 Å². The molecule has 0 aromatic carbocycles. The van der Waals surface area contributed by atoms with Gasteiger partial charge in [-0.1, -0.05) is 25.7 Å². The van der Waals surface area contributed by atoms with Crippen molar-refractivity contribution in [3.05, 3.63) is 11.8 Å². The van der Waals surface area contributed by atoms with Gasteiger partial charge in [-0.2, -0.15) is 5.10 Å². The number of carboxylic acid groups (broad SMARTS) is 1. The van der Waals surface area contributed by atoms with Crippen molar-refractivity contribution in [3.8, 4) is 0 Å². The van der Waals surface area contributed by atoms with E-state index in [1.807, 2.05) is 0 Å². The number of aromatic carboxylic acids is 1. The summed E-state index contributed by atoms with van der Waals surface area (Å²) in [6.07, 6.45) is 6.49. The fourth-order valence-electron chi connectivity index (χ4n) is 2.40. The van der Waals surface area contributed by atoms with Crippen LogP contribution in [0.4, 0.5) is 0 Å². The van der Waals surface area contributed by atoms with E-state index in [9.17, 15) is 13.2 Å². The van der Waals surface area contributed by atoms with Crippen LogP contribution in [0, 0.1) is 5.92 Å². The zero-order valence-corrected chi connectivity index (χ0v) is 11.2. The predicted molar refractivity (Wildman–Crippen MR) is 67.3 cm³/mol. The summed E-state index contributed by atoms with van der Waals surface area (Å²) >= 11 is 0. The number of rotatable bonds is 6. The summed E-state index contributed by atoms with van der Waals surface area (Å²) in [5.41, 5.74) is -0.339. The van der Waals surface area contributed by atoms with Gasteiger partial charge in [0.1, 0.15) is 5.56 Å². The van der Waals surface area contributed by atoms with Crippen molar-refractivity contribution >= 4 is 16.0 Å². The molecule has 106 valence electrons. The van der Waals surface area contributed by atoms with Gasteiger partial charge in [0, 0.05) is 6.54 Å². The maximum Gasteiger partial charge on any atom is 0.340 e. The Bertz CT molecular complexity index is 546. The Morgan fingerprint density at radius 2 is 2.16 bits per heavy atom. The Balaban J connectivity index is 1.97. The average molecular weight is 287 g/mol. The fourth-order valence-corrected chi connectivity index (χ4v) is 3.53. The monoisotopic (exact) mass is 287 g/mol. The van der Waals surface area contributed by atoms with E-state index in [4.69, 9.17) is 5.11 Å². The lowest BCUT2D eigenvalue weighted by atomic mass is 10.1. The largest absolute Gasteiger partial charge is 0.478 e. The van der Waals surface area contributed by atoms with E-state index in [0.29, 0.717) is 12.5 Å². The quantitative estimate of drug-likeness (QED) is 0.721. The Morgan fingerprint density at radius 3 is 2.79 bits per heavy atom.